The largest absolute Gasteiger partial charge is 0.463 e. The number of rotatable bonds is 3. The molecule has 0 radical (unpaired) electrons. The van der Waals surface area contributed by atoms with Gasteiger partial charge in [0, 0.05) is 5.56 Å². The number of ether oxygens (including phenoxy) is 1. The minimum absolute atomic E-state index is 0.185. The van der Waals surface area contributed by atoms with Gasteiger partial charge < -0.3 is 9.15 Å². The molecule has 1 heterocycles. The van der Waals surface area contributed by atoms with Crippen molar-refractivity contribution in [1.82, 2.24) is 0 Å². The molecule has 7 heteroatoms. The summed E-state index contributed by atoms with van der Waals surface area (Å²) < 4.78 is 47.2. The fourth-order valence-electron chi connectivity index (χ4n) is 1.65. The summed E-state index contributed by atoms with van der Waals surface area (Å²) in [6, 6.07) is 6.36. The average molecular weight is 298 g/mol. The Balaban J connectivity index is 2.32. The molecule has 0 saturated carbocycles. The Kier molecular flexibility index (Phi) is 3.84. The SMILES string of the molecule is COC(=O)c1ccc(C(=O)c2cccc(C(F)(F)F)c2)o1. The fraction of sp³-hybridized carbons (Fsp3) is 0.143. The molecule has 0 amide bonds. The lowest BCUT2D eigenvalue weighted by Crippen LogP contribution is -2.07. The van der Waals surface area contributed by atoms with Crippen molar-refractivity contribution in [1.29, 1.82) is 0 Å². The third-order valence-electron chi connectivity index (χ3n) is 2.67. The highest BCUT2D eigenvalue weighted by Gasteiger charge is 2.31. The van der Waals surface area contributed by atoms with Gasteiger partial charge in [0.2, 0.25) is 11.5 Å². The van der Waals surface area contributed by atoms with Gasteiger partial charge in [-0.3, -0.25) is 4.79 Å². The van der Waals surface area contributed by atoms with Crippen molar-refractivity contribution in [2.24, 2.45) is 0 Å². The minimum Gasteiger partial charge on any atom is -0.463 e. The van der Waals surface area contributed by atoms with Crippen molar-refractivity contribution in [3.63, 3.8) is 0 Å². The second-order valence-corrected chi connectivity index (χ2v) is 4.06. The topological polar surface area (TPSA) is 56.5 Å². The van der Waals surface area contributed by atoms with E-state index in [0.717, 1.165) is 25.3 Å². The standard InChI is InChI=1S/C14H9F3O4/c1-20-13(19)11-6-5-10(21-11)12(18)8-3-2-4-9(7-8)14(15,16)17/h2-7H,1H3. The van der Waals surface area contributed by atoms with Crippen molar-refractivity contribution in [2.45, 2.75) is 6.18 Å². The average Bonchev–Trinajstić information content (AvgIpc) is 2.94. The van der Waals surface area contributed by atoms with Gasteiger partial charge in [-0.1, -0.05) is 12.1 Å². The van der Waals surface area contributed by atoms with E-state index in [1.54, 1.807) is 0 Å². The summed E-state index contributed by atoms with van der Waals surface area (Å²) in [5, 5.41) is 0. The van der Waals surface area contributed by atoms with E-state index in [1.165, 1.54) is 18.2 Å². The van der Waals surface area contributed by atoms with E-state index < -0.39 is 23.5 Å². The highest BCUT2D eigenvalue weighted by Crippen LogP contribution is 2.30. The van der Waals surface area contributed by atoms with Crippen molar-refractivity contribution >= 4 is 11.8 Å². The summed E-state index contributed by atoms with van der Waals surface area (Å²) in [7, 11) is 1.14. The first kappa shape index (κ1) is 14.8. The maximum absolute atomic E-state index is 12.6. The van der Waals surface area contributed by atoms with Crippen molar-refractivity contribution < 1.29 is 31.9 Å². The van der Waals surface area contributed by atoms with E-state index in [9.17, 15) is 22.8 Å². The van der Waals surface area contributed by atoms with Crippen molar-refractivity contribution in [3.8, 4) is 0 Å². The normalized spacial score (nSPS) is 11.2. The van der Waals surface area contributed by atoms with E-state index in [4.69, 9.17) is 4.42 Å². The van der Waals surface area contributed by atoms with Gasteiger partial charge in [-0.2, -0.15) is 13.2 Å². The highest BCUT2D eigenvalue weighted by atomic mass is 19.4. The maximum Gasteiger partial charge on any atom is 0.416 e. The van der Waals surface area contributed by atoms with Gasteiger partial charge in [0.05, 0.1) is 12.7 Å². The first-order chi connectivity index (χ1) is 9.82. The molecule has 0 spiro atoms. The number of hydrogen-bond acceptors (Lipinski definition) is 4. The zero-order chi connectivity index (χ0) is 15.6. The first-order valence-corrected chi connectivity index (χ1v) is 5.73. The van der Waals surface area contributed by atoms with Gasteiger partial charge in [-0.05, 0) is 24.3 Å². The molecule has 4 nitrogen and oxygen atoms in total. The molecule has 0 bridgehead atoms. The number of esters is 1. The van der Waals surface area contributed by atoms with Crippen molar-refractivity contribution in [2.75, 3.05) is 7.11 Å². The molecule has 0 unspecified atom stereocenters. The van der Waals surface area contributed by atoms with Crippen LogP contribution in [0.5, 0.6) is 0 Å². The van der Waals surface area contributed by atoms with Crippen molar-refractivity contribution in [3.05, 3.63) is 59.0 Å². The predicted molar refractivity (Wildman–Crippen MR) is 64.9 cm³/mol. The van der Waals surface area contributed by atoms with Gasteiger partial charge in [-0.15, -0.1) is 0 Å². The van der Waals surface area contributed by atoms with E-state index >= 15 is 0 Å². The zero-order valence-electron chi connectivity index (χ0n) is 10.7. The van der Waals surface area contributed by atoms with Crippen LogP contribution in [0.3, 0.4) is 0 Å². The Hall–Kier alpha value is -2.57. The lowest BCUT2D eigenvalue weighted by atomic mass is 10.1. The summed E-state index contributed by atoms with van der Waals surface area (Å²) in [5.74, 6) is -1.98. The number of benzene rings is 1. The third-order valence-corrected chi connectivity index (χ3v) is 2.67. The van der Waals surface area contributed by atoms with Crippen LogP contribution >= 0.6 is 0 Å². The van der Waals surface area contributed by atoms with Gasteiger partial charge in [0.1, 0.15) is 0 Å². The van der Waals surface area contributed by atoms with Crippen LogP contribution in [-0.2, 0) is 10.9 Å². The van der Waals surface area contributed by atoms with Crippen LogP contribution in [0.15, 0.2) is 40.8 Å². The summed E-state index contributed by atoms with van der Waals surface area (Å²) in [6.07, 6.45) is -4.55. The second-order valence-electron chi connectivity index (χ2n) is 4.06. The smallest absolute Gasteiger partial charge is 0.416 e. The van der Waals surface area contributed by atoms with E-state index in [-0.39, 0.29) is 17.1 Å². The zero-order valence-corrected chi connectivity index (χ0v) is 10.7. The van der Waals surface area contributed by atoms with Gasteiger partial charge in [0.15, 0.2) is 5.76 Å². The third kappa shape index (κ3) is 3.13. The predicted octanol–water partition coefficient (Wildman–Crippen LogP) is 3.32. The molecule has 0 N–H and O–H groups in total. The highest BCUT2D eigenvalue weighted by molar-refractivity contribution is 6.07. The molecule has 2 aromatic rings. The molecule has 0 aliphatic heterocycles. The molecule has 1 aromatic carbocycles. The Bertz CT molecular complexity index is 686. The monoisotopic (exact) mass is 298 g/mol. The Labute approximate surface area is 117 Å². The van der Waals surface area contributed by atoms with Crippen LogP contribution in [-0.4, -0.2) is 18.9 Å². The summed E-state index contributed by atoms with van der Waals surface area (Å²) in [6.45, 7) is 0. The van der Waals surface area contributed by atoms with Crippen LogP contribution in [0, 0.1) is 0 Å². The fourth-order valence-corrected chi connectivity index (χ4v) is 1.65. The molecule has 0 atom stereocenters. The molecule has 0 saturated heterocycles. The molecular weight excluding hydrogens is 289 g/mol. The first-order valence-electron chi connectivity index (χ1n) is 5.73. The molecule has 110 valence electrons. The maximum atomic E-state index is 12.6. The Morgan fingerprint density at radius 1 is 1.10 bits per heavy atom. The number of carbonyl (C=O) groups is 2. The Morgan fingerprint density at radius 2 is 1.76 bits per heavy atom. The molecule has 1 aromatic heterocycles. The van der Waals surface area contributed by atoms with Gasteiger partial charge in [-0.25, -0.2) is 4.79 Å². The van der Waals surface area contributed by atoms with Crippen LogP contribution < -0.4 is 0 Å². The number of alkyl halides is 3. The van der Waals surface area contributed by atoms with E-state index in [2.05, 4.69) is 4.74 Å². The molecule has 0 fully saturated rings. The summed E-state index contributed by atoms with van der Waals surface area (Å²) in [4.78, 5) is 23.2. The number of methoxy groups -OCH3 is 1. The molecule has 21 heavy (non-hydrogen) atoms. The summed E-state index contributed by atoms with van der Waals surface area (Å²) in [5.41, 5.74) is -1.12. The number of halogens is 3. The van der Waals surface area contributed by atoms with Crippen LogP contribution in [0.25, 0.3) is 0 Å². The quantitative estimate of drug-likeness (QED) is 0.644. The summed E-state index contributed by atoms with van der Waals surface area (Å²) >= 11 is 0. The number of furan rings is 1. The van der Waals surface area contributed by atoms with Crippen LogP contribution in [0.2, 0.25) is 0 Å². The number of ketones is 1. The molecule has 0 aliphatic carbocycles. The van der Waals surface area contributed by atoms with Crippen LogP contribution in [0.1, 0.15) is 32.2 Å². The minimum atomic E-state index is -4.55. The Morgan fingerprint density at radius 3 is 2.38 bits per heavy atom. The van der Waals surface area contributed by atoms with E-state index in [0.29, 0.717) is 0 Å². The van der Waals surface area contributed by atoms with Gasteiger partial charge >= 0.3 is 12.1 Å². The molecule has 2 rings (SSSR count). The van der Waals surface area contributed by atoms with Crippen LogP contribution in [0.4, 0.5) is 13.2 Å². The molecular formula is C14H9F3O4. The van der Waals surface area contributed by atoms with Gasteiger partial charge in [0.25, 0.3) is 0 Å². The lowest BCUT2D eigenvalue weighted by Gasteiger charge is -2.07. The lowest BCUT2D eigenvalue weighted by molar-refractivity contribution is -0.137. The number of hydrogen-bond donors (Lipinski definition) is 0. The number of carbonyl (C=O) groups excluding carboxylic acids is 2. The molecule has 0 aliphatic rings. The second kappa shape index (κ2) is 5.43. The van der Waals surface area contributed by atoms with E-state index in [1.807, 2.05) is 0 Å².